The molecule has 2 rings (SSSR count). The van der Waals surface area contributed by atoms with E-state index < -0.39 is 0 Å². The van der Waals surface area contributed by atoms with E-state index in [0.29, 0.717) is 6.04 Å². The molecule has 3 N–H and O–H groups in total. The lowest BCUT2D eigenvalue weighted by molar-refractivity contribution is 0.224. The number of oxime groups is 1. The van der Waals surface area contributed by atoms with Gasteiger partial charge in [-0.15, -0.1) is 0 Å². The molecule has 0 radical (unpaired) electrons. The Bertz CT molecular complexity index is 436. The lowest BCUT2D eigenvalue weighted by Crippen LogP contribution is -2.39. The van der Waals surface area contributed by atoms with Gasteiger partial charge in [-0.05, 0) is 18.6 Å². The van der Waals surface area contributed by atoms with Gasteiger partial charge in [0, 0.05) is 36.2 Å². The van der Waals surface area contributed by atoms with Gasteiger partial charge in [0.05, 0.1) is 0 Å². The van der Waals surface area contributed by atoms with Gasteiger partial charge in [0.2, 0.25) is 0 Å². The molecule has 1 unspecified atom stereocenters. The molecule has 18 heavy (non-hydrogen) atoms. The number of benzene rings is 1. The van der Waals surface area contributed by atoms with Gasteiger partial charge in [0.25, 0.3) is 0 Å². The van der Waals surface area contributed by atoms with Crippen LogP contribution < -0.4 is 5.73 Å². The fourth-order valence-corrected chi connectivity index (χ4v) is 3.20. The molecule has 0 bridgehead atoms. The van der Waals surface area contributed by atoms with Gasteiger partial charge in [0.1, 0.15) is 0 Å². The van der Waals surface area contributed by atoms with Crippen LogP contribution >= 0.6 is 11.8 Å². The number of hydrogen-bond donors (Lipinski definition) is 2. The van der Waals surface area contributed by atoms with E-state index >= 15 is 0 Å². The van der Waals surface area contributed by atoms with Crippen molar-refractivity contribution in [1.29, 1.82) is 0 Å². The third kappa shape index (κ3) is 3.17. The topological polar surface area (TPSA) is 61.8 Å². The Morgan fingerprint density at radius 1 is 1.61 bits per heavy atom. The molecule has 1 aromatic rings. The molecule has 1 saturated heterocycles. The highest BCUT2D eigenvalue weighted by Gasteiger charge is 2.18. The zero-order chi connectivity index (χ0) is 13.0. The van der Waals surface area contributed by atoms with Crippen molar-refractivity contribution >= 4 is 17.6 Å². The largest absolute Gasteiger partial charge is 0.409 e. The zero-order valence-electron chi connectivity index (χ0n) is 10.5. The van der Waals surface area contributed by atoms with Gasteiger partial charge in [-0.3, -0.25) is 4.90 Å². The van der Waals surface area contributed by atoms with E-state index in [2.05, 4.69) is 23.0 Å². The van der Waals surface area contributed by atoms with Crippen LogP contribution in [-0.4, -0.2) is 40.0 Å². The van der Waals surface area contributed by atoms with Crippen molar-refractivity contribution in [3.05, 3.63) is 35.4 Å². The maximum absolute atomic E-state index is 8.69. The van der Waals surface area contributed by atoms with Crippen molar-refractivity contribution in [2.24, 2.45) is 10.9 Å². The predicted molar refractivity (Wildman–Crippen MR) is 76.1 cm³/mol. The van der Waals surface area contributed by atoms with E-state index in [1.54, 1.807) is 0 Å². The Balaban J connectivity index is 2.09. The van der Waals surface area contributed by atoms with Gasteiger partial charge in [0.15, 0.2) is 5.84 Å². The summed E-state index contributed by atoms with van der Waals surface area (Å²) in [5.74, 6) is 2.56. The van der Waals surface area contributed by atoms with E-state index in [1.165, 1.54) is 17.1 Å². The molecular weight excluding hydrogens is 246 g/mol. The smallest absolute Gasteiger partial charge is 0.170 e. The summed E-state index contributed by atoms with van der Waals surface area (Å²) in [6.07, 6.45) is 0. The average molecular weight is 265 g/mol. The van der Waals surface area contributed by atoms with Crippen molar-refractivity contribution in [2.75, 3.05) is 18.1 Å². The SMILES string of the molecule is CC1CSCCN1Cc1cccc(C(N)=NO)c1. The molecule has 0 aromatic heterocycles. The van der Waals surface area contributed by atoms with E-state index in [-0.39, 0.29) is 5.84 Å². The molecule has 1 aliphatic heterocycles. The number of nitrogens with zero attached hydrogens (tertiary/aromatic N) is 2. The quantitative estimate of drug-likeness (QED) is 0.378. The van der Waals surface area contributed by atoms with E-state index in [9.17, 15) is 0 Å². The van der Waals surface area contributed by atoms with Crippen LogP contribution in [-0.2, 0) is 6.54 Å². The standard InChI is InChI=1S/C13H19N3OS/c1-10-9-18-6-5-16(10)8-11-3-2-4-12(7-11)13(14)15-17/h2-4,7,10,17H,5-6,8-9H2,1H3,(H2,14,15). The van der Waals surface area contributed by atoms with Gasteiger partial charge in [-0.25, -0.2) is 0 Å². The lowest BCUT2D eigenvalue weighted by Gasteiger charge is -2.33. The first-order chi connectivity index (χ1) is 8.70. The fraction of sp³-hybridized carbons (Fsp3) is 0.462. The second-order valence-corrected chi connectivity index (χ2v) is 5.73. The summed E-state index contributed by atoms with van der Waals surface area (Å²) in [6.45, 7) is 4.31. The molecule has 5 heteroatoms. The molecule has 0 saturated carbocycles. The summed E-state index contributed by atoms with van der Waals surface area (Å²) in [5.41, 5.74) is 7.59. The van der Waals surface area contributed by atoms with E-state index in [1.807, 2.05) is 30.0 Å². The number of rotatable bonds is 3. The Kier molecular flexibility index (Phi) is 4.49. The molecule has 1 fully saturated rings. The molecule has 98 valence electrons. The predicted octanol–water partition coefficient (Wildman–Crippen LogP) is 1.72. The van der Waals surface area contributed by atoms with Crippen molar-refractivity contribution < 1.29 is 5.21 Å². The third-order valence-corrected chi connectivity index (χ3v) is 4.41. The molecule has 0 aliphatic carbocycles. The average Bonchev–Trinajstić information content (AvgIpc) is 2.41. The van der Waals surface area contributed by atoms with Gasteiger partial charge in [-0.1, -0.05) is 23.4 Å². The maximum Gasteiger partial charge on any atom is 0.170 e. The first-order valence-electron chi connectivity index (χ1n) is 6.09. The summed E-state index contributed by atoms with van der Waals surface area (Å²) in [5, 5.41) is 11.7. The molecular formula is C13H19N3OS. The van der Waals surface area contributed by atoms with Crippen LogP contribution in [0.2, 0.25) is 0 Å². The fourth-order valence-electron chi connectivity index (χ4n) is 2.12. The summed E-state index contributed by atoms with van der Waals surface area (Å²) in [7, 11) is 0. The molecule has 4 nitrogen and oxygen atoms in total. The zero-order valence-corrected chi connectivity index (χ0v) is 11.4. The highest BCUT2D eigenvalue weighted by atomic mass is 32.2. The molecule has 1 aromatic carbocycles. The van der Waals surface area contributed by atoms with Crippen LogP contribution in [0.5, 0.6) is 0 Å². The molecule has 1 atom stereocenters. The molecule has 1 heterocycles. The van der Waals surface area contributed by atoms with Crippen LogP contribution in [0, 0.1) is 0 Å². The monoisotopic (exact) mass is 265 g/mol. The minimum Gasteiger partial charge on any atom is -0.409 e. The van der Waals surface area contributed by atoms with Crippen molar-refractivity contribution in [2.45, 2.75) is 19.5 Å². The highest BCUT2D eigenvalue weighted by molar-refractivity contribution is 7.99. The van der Waals surface area contributed by atoms with Gasteiger partial charge >= 0.3 is 0 Å². The Morgan fingerprint density at radius 3 is 3.17 bits per heavy atom. The minimum atomic E-state index is 0.166. The molecule has 1 aliphatic rings. The van der Waals surface area contributed by atoms with Gasteiger partial charge in [-0.2, -0.15) is 11.8 Å². The number of hydrogen-bond acceptors (Lipinski definition) is 4. The summed E-state index contributed by atoms with van der Waals surface area (Å²) in [6, 6.07) is 8.49. The Hall–Kier alpha value is -1.20. The lowest BCUT2D eigenvalue weighted by atomic mass is 10.1. The first kappa shape index (κ1) is 13.2. The molecule has 0 amide bonds. The second-order valence-electron chi connectivity index (χ2n) is 4.58. The highest BCUT2D eigenvalue weighted by Crippen LogP contribution is 2.19. The van der Waals surface area contributed by atoms with E-state index in [0.717, 1.165) is 18.7 Å². The summed E-state index contributed by atoms with van der Waals surface area (Å²) in [4.78, 5) is 2.47. The van der Waals surface area contributed by atoms with Crippen molar-refractivity contribution in [3.63, 3.8) is 0 Å². The van der Waals surface area contributed by atoms with Crippen LogP contribution in [0.4, 0.5) is 0 Å². The number of amidine groups is 1. The van der Waals surface area contributed by atoms with E-state index in [4.69, 9.17) is 10.9 Å². The summed E-state index contributed by atoms with van der Waals surface area (Å²) < 4.78 is 0. The second kappa shape index (κ2) is 6.11. The van der Waals surface area contributed by atoms with Crippen LogP contribution in [0.1, 0.15) is 18.1 Å². The first-order valence-corrected chi connectivity index (χ1v) is 7.25. The normalized spacial score (nSPS) is 22.1. The Labute approximate surface area is 112 Å². The maximum atomic E-state index is 8.69. The van der Waals surface area contributed by atoms with Crippen LogP contribution in [0.3, 0.4) is 0 Å². The van der Waals surface area contributed by atoms with Crippen molar-refractivity contribution in [3.8, 4) is 0 Å². The summed E-state index contributed by atoms with van der Waals surface area (Å²) >= 11 is 2.02. The number of nitrogens with two attached hydrogens (primary N) is 1. The van der Waals surface area contributed by atoms with Gasteiger partial charge < -0.3 is 10.9 Å². The van der Waals surface area contributed by atoms with Crippen LogP contribution in [0.15, 0.2) is 29.4 Å². The third-order valence-electron chi connectivity index (χ3n) is 3.22. The minimum absolute atomic E-state index is 0.166. The molecule has 0 spiro atoms. The van der Waals surface area contributed by atoms with Crippen molar-refractivity contribution in [1.82, 2.24) is 4.90 Å². The Morgan fingerprint density at radius 2 is 2.44 bits per heavy atom. The van der Waals surface area contributed by atoms with Crippen LogP contribution in [0.25, 0.3) is 0 Å². The number of thioether (sulfide) groups is 1.